The van der Waals surface area contributed by atoms with Gasteiger partial charge in [-0.25, -0.2) is 4.98 Å². The molecule has 0 atom stereocenters. The van der Waals surface area contributed by atoms with Crippen molar-refractivity contribution in [1.29, 1.82) is 0 Å². The van der Waals surface area contributed by atoms with Crippen LogP contribution in [0.3, 0.4) is 0 Å². The number of nitrogens with zero attached hydrogens (tertiary/aromatic N) is 1. The van der Waals surface area contributed by atoms with Gasteiger partial charge in [-0.15, -0.1) is 11.3 Å². The Balaban J connectivity index is 0.000000774. The zero-order chi connectivity index (χ0) is 15.4. The summed E-state index contributed by atoms with van der Waals surface area (Å²) in [6.07, 6.45) is 0. The summed E-state index contributed by atoms with van der Waals surface area (Å²) in [7, 11) is 1.86. The molecule has 0 aliphatic heterocycles. The Labute approximate surface area is 128 Å². The van der Waals surface area contributed by atoms with Crippen LogP contribution in [0.25, 0.3) is 20.8 Å². The number of rotatable bonds is 2. The number of fused-ring (bicyclic) bond motifs is 1. The molecule has 110 valence electrons. The third-order valence-corrected chi connectivity index (χ3v) is 3.97. The Kier molecular flexibility index (Phi) is 4.65. The van der Waals surface area contributed by atoms with Crippen LogP contribution in [-0.4, -0.2) is 17.1 Å². The molecule has 0 fully saturated rings. The Morgan fingerprint density at radius 2 is 1.90 bits per heavy atom. The van der Waals surface area contributed by atoms with Gasteiger partial charge >= 0.3 is 0 Å². The van der Waals surface area contributed by atoms with Gasteiger partial charge in [0.1, 0.15) is 10.8 Å². The van der Waals surface area contributed by atoms with Gasteiger partial charge in [-0.1, -0.05) is 13.8 Å². The fourth-order valence-electron chi connectivity index (χ4n) is 1.98. The van der Waals surface area contributed by atoms with E-state index in [1.54, 1.807) is 23.5 Å². The first-order valence-electron chi connectivity index (χ1n) is 6.84. The average Bonchev–Trinajstić information content (AvgIpc) is 2.91. The molecule has 0 aliphatic carbocycles. The molecular weight excluding hydrogens is 282 g/mol. The van der Waals surface area contributed by atoms with Crippen molar-refractivity contribution in [3.63, 3.8) is 0 Å². The molecule has 4 N–H and O–H groups in total. The number of hydrogen-bond acceptors (Lipinski definition) is 5. The highest BCUT2D eigenvalue weighted by atomic mass is 32.1. The smallest absolute Gasteiger partial charge is 0.126 e. The van der Waals surface area contributed by atoms with Crippen molar-refractivity contribution in [3.05, 3.63) is 36.4 Å². The van der Waals surface area contributed by atoms with Crippen LogP contribution in [0.5, 0.6) is 5.75 Å². The van der Waals surface area contributed by atoms with Gasteiger partial charge in [0.2, 0.25) is 0 Å². The molecule has 4 nitrogen and oxygen atoms in total. The van der Waals surface area contributed by atoms with Crippen molar-refractivity contribution < 1.29 is 5.11 Å². The molecular formula is C16H19N3OS. The number of benzene rings is 2. The second-order valence-electron chi connectivity index (χ2n) is 4.23. The zero-order valence-corrected chi connectivity index (χ0v) is 13.2. The largest absolute Gasteiger partial charge is 0.508 e. The predicted molar refractivity (Wildman–Crippen MR) is 92.0 cm³/mol. The summed E-state index contributed by atoms with van der Waals surface area (Å²) in [6, 6.07) is 10.9. The third kappa shape index (κ3) is 3.08. The van der Waals surface area contributed by atoms with E-state index < -0.39 is 0 Å². The van der Waals surface area contributed by atoms with Crippen LogP contribution in [0.15, 0.2) is 36.4 Å². The molecule has 0 unspecified atom stereocenters. The predicted octanol–water partition coefficient (Wildman–Crippen LogP) is 4.32. The van der Waals surface area contributed by atoms with Crippen LogP contribution in [-0.2, 0) is 0 Å². The van der Waals surface area contributed by atoms with E-state index in [0.29, 0.717) is 5.69 Å². The highest BCUT2D eigenvalue weighted by Gasteiger charge is 2.10. The summed E-state index contributed by atoms with van der Waals surface area (Å²) >= 11 is 1.55. The van der Waals surface area contributed by atoms with Gasteiger partial charge in [0, 0.05) is 24.0 Å². The molecule has 5 heteroatoms. The second kappa shape index (κ2) is 6.45. The topological polar surface area (TPSA) is 71.2 Å². The van der Waals surface area contributed by atoms with Crippen molar-refractivity contribution in [2.24, 2.45) is 0 Å². The summed E-state index contributed by atoms with van der Waals surface area (Å²) < 4.78 is 0.967. The molecule has 0 spiro atoms. The van der Waals surface area contributed by atoms with Gasteiger partial charge in [-0.3, -0.25) is 0 Å². The number of nitrogens with two attached hydrogens (primary N) is 1. The van der Waals surface area contributed by atoms with Crippen molar-refractivity contribution in [2.75, 3.05) is 18.1 Å². The molecule has 3 rings (SSSR count). The summed E-state index contributed by atoms with van der Waals surface area (Å²) in [5.41, 5.74) is 9.35. The van der Waals surface area contributed by atoms with Gasteiger partial charge in [0.15, 0.2) is 0 Å². The van der Waals surface area contributed by atoms with Crippen molar-refractivity contribution in [3.8, 4) is 16.3 Å². The van der Waals surface area contributed by atoms with Crippen LogP contribution in [0.2, 0.25) is 0 Å². The standard InChI is InChI=1S/C14H13N3OS.C2H6/c1-16-12-6-8(15)2-4-10(12)14-17-11-5-3-9(18)7-13(11)19-14;1-2/h2-7,16,18H,15H2,1H3;1-2H3. The number of anilines is 2. The van der Waals surface area contributed by atoms with Crippen LogP contribution >= 0.6 is 11.3 Å². The maximum Gasteiger partial charge on any atom is 0.126 e. The molecule has 0 saturated carbocycles. The lowest BCUT2D eigenvalue weighted by Gasteiger charge is -2.07. The lowest BCUT2D eigenvalue weighted by Crippen LogP contribution is -1.94. The van der Waals surface area contributed by atoms with Gasteiger partial charge in [-0.05, 0) is 36.4 Å². The van der Waals surface area contributed by atoms with E-state index in [0.717, 1.165) is 26.5 Å². The lowest BCUT2D eigenvalue weighted by atomic mass is 10.1. The SMILES string of the molecule is CC.CNc1cc(N)ccc1-c1nc2ccc(O)cc2s1. The van der Waals surface area contributed by atoms with Crippen molar-refractivity contribution in [1.82, 2.24) is 4.98 Å². The molecule has 0 aliphatic rings. The number of phenolic OH excluding ortho intramolecular Hbond substituents is 1. The second-order valence-corrected chi connectivity index (χ2v) is 5.26. The maximum absolute atomic E-state index is 9.50. The number of aromatic hydroxyl groups is 1. The number of nitrogen functional groups attached to an aromatic ring is 1. The highest BCUT2D eigenvalue weighted by molar-refractivity contribution is 7.21. The zero-order valence-electron chi connectivity index (χ0n) is 12.3. The third-order valence-electron chi connectivity index (χ3n) is 2.92. The first kappa shape index (κ1) is 15.1. The molecule has 0 bridgehead atoms. The molecule has 2 aromatic carbocycles. The molecule has 21 heavy (non-hydrogen) atoms. The summed E-state index contributed by atoms with van der Waals surface area (Å²) in [4.78, 5) is 4.59. The van der Waals surface area contributed by atoms with Gasteiger partial charge in [-0.2, -0.15) is 0 Å². The number of nitrogens with one attached hydrogen (secondary N) is 1. The minimum atomic E-state index is 0.258. The fraction of sp³-hybridized carbons (Fsp3) is 0.188. The van der Waals surface area contributed by atoms with Crippen molar-refractivity contribution >= 4 is 32.9 Å². The van der Waals surface area contributed by atoms with E-state index in [9.17, 15) is 5.11 Å². The van der Waals surface area contributed by atoms with E-state index in [1.807, 2.05) is 45.2 Å². The average molecular weight is 301 g/mol. The monoisotopic (exact) mass is 301 g/mol. The van der Waals surface area contributed by atoms with E-state index in [4.69, 9.17) is 5.73 Å². The maximum atomic E-state index is 9.50. The minimum absolute atomic E-state index is 0.258. The summed E-state index contributed by atoms with van der Waals surface area (Å²) in [5, 5.41) is 13.5. The van der Waals surface area contributed by atoms with Gasteiger partial charge in [0.05, 0.1) is 10.2 Å². The van der Waals surface area contributed by atoms with Crippen LogP contribution in [0.1, 0.15) is 13.8 Å². The molecule has 0 amide bonds. The number of phenols is 1. The van der Waals surface area contributed by atoms with E-state index >= 15 is 0 Å². The highest BCUT2D eigenvalue weighted by Crippen LogP contribution is 2.36. The molecule has 0 radical (unpaired) electrons. The van der Waals surface area contributed by atoms with Gasteiger partial charge in [0.25, 0.3) is 0 Å². The fourth-order valence-corrected chi connectivity index (χ4v) is 3.02. The molecule has 3 aromatic rings. The molecule has 0 saturated heterocycles. The quantitative estimate of drug-likeness (QED) is 0.616. The number of hydrogen-bond donors (Lipinski definition) is 3. The summed E-state index contributed by atoms with van der Waals surface area (Å²) in [6.45, 7) is 4.00. The van der Waals surface area contributed by atoms with Gasteiger partial charge < -0.3 is 16.2 Å². The molecule has 1 heterocycles. The van der Waals surface area contributed by atoms with Crippen molar-refractivity contribution in [2.45, 2.75) is 13.8 Å². The Morgan fingerprint density at radius 3 is 2.62 bits per heavy atom. The number of aromatic nitrogens is 1. The van der Waals surface area contributed by atoms with Crippen LogP contribution < -0.4 is 11.1 Å². The normalized spacial score (nSPS) is 10.0. The van der Waals surface area contributed by atoms with Crippen LogP contribution in [0.4, 0.5) is 11.4 Å². The number of thiazole rings is 1. The first-order valence-corrected chi connectivity index (χ1v) is 7.66. The lowest BCUT2D eigenvalue weighted by molar-refractivity contribution is 0.476. The first-order chi connectivity index (χ1) is 10.2. The molecule has 1 aromatic heterocycles. The van der Waals surface area contributed by atoms with E-state index in [2.05, 4.69) is 10.3 Å². The Bertz CT molecular complexity index is 752. The Morgan fingerprint density at radius 1 is 1.14 bits per heavy atom. The summed E-state index contributed by atoms with van der Waals surface area (Å²) in [5.74, 6) is 0.258. The Hall–Kier alpha value is -2.27. The van der Waals surface area contributed by atoms with E-state index in [1.165, 1.54) is 0 Å². The van der Waals surface area contributed by atoms with E-state index in [-0.39, 0.29) is 5.75 Å². The minimum Gasteiger partial charge on any atom is -0.508 e. The van der Waals surface area contributed by atoms with Crippen LogP contribution in [0, 0.1) is 0 Å².